The number of aromatic nitrogens is 3. The lowest BCUT2D eigenvalue weighted by atomic mass is 10.0. The molecular formula is C26H29N7O4. The second-order valence-electron chi connectivity index (χ2n) is 9.08. The zero-order valence-electron chi connectivity index (χ0n) is 20.7. The Kier molecular flexibility index (Phi) is 6.87. The van der Waals surface area contributed by atoms with Gasteiger partial charge in [-0.3, -0.25) is 9.88 Å². The van der Waals surface area contributed by atoms with Gasteiger partial charge in [-0.1, -0.05) is 6.92 Å². The van der Waals surface area contributed by atoms with Gasteiger partial charge in [-0.2, -0.15) is 0 Å². The summed E-state index contributed by atoms with van der Waals surface area (Å²) < 4.78 is 5.63. The Morgan fingerprint density at radius 1 is 1.08 bits per heavy atom. The van der Waals surface area contributed by atoms with Crippen molar-refractivity contribution >= 4 is 29.3 Å². The van der Waals surface area contributed by atoms with Crippen LogP contribution in [0.4, 0.5) is 26.8 Å². The van der Waals surface area contributed by atoms with E-state index >= 15 is 0 Å². The maximum atomic E-state index is 12.3. The average molecular weight is 504 g/mol. The highest BCUT2D eigenvalue weighted by Crippen LogP contribution is 2.42. The predicted molar refractivity (Wildman–Crippen MR) is 139 cm³/mol. The predicted octanol–water partition coefficient (Wildman–Crippen LogP) is 4.35. The summed E-state index contributed by atoms with van der Waals surface area (Å²) in [6.07, 6.45) is 2.87. The van der Waals surface area contributed by atoms with Crippen molar-refractivity contribution in [1.82, 2.24) is 19.9 Å². The number of rotatable bonds is 5. The van der Waals surface area contributed by atoms with Crippen molar-refractivity contribution in [2.45, 2.75) is 38.9 Å². The topological polar surface area (TPSA) is 133 Å². The number of ether oxygens (including phenoxy) is 1. The van der Waals surface area contributed by atoms with E-state index in [1.54, 1.807) is 36.7 Å². The highest BCUT2D eigenvalue weighted by molar-refractivity contribution is 5.99. The molecule has 2 atom stereocenters. The molecule has 3 N–H and O–H groups in total. The first-order valence-electron chi connectivity index (χ1n) is 12.3. The van der Waals surface area contributed by atoms with Gasteiger partial charge in [0.15, 0.2) is 5.82 Å². The number of benzene rings is 1. The maximum absolute atomic E-state index is 12.3. The van der Waals surface area contributed by atoms with E-state index in [9.17, 15) is 14.7 Å². The molecule has 2 aliphatic heterocycles. The van der Waals surface area contributed by atoms with Gasteiger partial charge >= 0.3 is 12.1 Å². The number of hydrogen-bond acceptors (Lipinski definition) is 7. The summed E-state index contributed by atoms with van der Waals surface area (Å²) in [4.78, 5) is 41.6. The van der Waals surface area contributed by atoms with Gasteiger partial charge in [-0.05, 0) is 49.7 Å². The van der Waals surface area contributed by atoms with Crippen molar-refractivity contribution in [3.63, 3.8) is 0 Å². The fraction of sp³-hybridized carbons (Fsp3) is 0.346. The Hall–Kier alpha value is -4.25. The highest BCUT2D eigenvalue weighted by atomic mass is 16.5. The van der Waals surface area contributed by atoms with Gasteiger partial charge in [-0.25, -0.2) is 19.6 Å². The number of carbonyl (C=O) groups is 2. The third-order valence-corrected chi connectivity index (χ3v) is 6.65. The second kappa shape index (κ2) is 10.4. The van der Waals surface area contributed by atoms with Gasteiger partial charge in [0.25, 0.3) is 0 Å². The first-order valence-corrected chi connectivity index (χ1v) is 12.3. The van der Waals surface area contributed by atoms with Crippen molar-refractivity contribution in [3.05, 3.63) is 60.0 Å². The number of amides is 3. The number of morpholine rings is 1. The highest BCUT2D eigenvalue weighted by Gasteiger charge is 2.39. The number of pyridine rings is 1. The van der Waals surface area contributed by atoms with Gasteiger partial charge < -0.3 is 25.4 Å². The molecule has 0 bridgehead atoms. The summed E-state index contributed by atoms with van der Waals surface area (Å²) >= 11 is 0. The minimum Gasteiger partial charge on any atom is -0.465 e. The van der Waals surface area contributed by atoms with Crippen LogP contribution in [0.2, 0.25) is 0 Å². The van der Waals surface area contributed by atoms with Gasteiger partial charge in [0.1, 0.15) is 5.82 Å². The van der Waals surface area contributed by atoms with Crippen LogP contribution >= 0.6 is 0 Å². The van der Waals surface area contributed by atoms with Gasteiger partial charge in [0, 0.05) is 41.4 Å². The third kappa shape index (κ3) is 5.03. The number of nitrogens with one attached hydrogen (secondary N) is 2. The molecular weight excluding hydrogens is 474 g/mol. The number of fused-ring (bicyclic) bond motifs is 1. The van der Waals surface area contributed by atoms with Gasteiger partial charge in [0.2, 0.25) is 0 Å². The molecule has 3 amide bonds. The molecule has 1 fully saturated rings. The normalized spacial score (nSPS) is 18.9. The number of anilines is 3. The first-order chi connectivity index (χ1) is 17.9. The van der Waals surface area contributed by atoms with E-state index in [4.69, 9.17) is 14.7 Å². The van der Waals surface area contributed by atoms with E-state index in [2.05, 4.69) is 27.4 Å². The molecule has 2 aliphatic rings. The largest absolute Gasteiger partial charge is 0.465 e. The smallest absolute Gasteiger partial charge is 0.408 e. The fourth-order valence-corrected chi connectivity index (χ4v) is 4.84. The molecule has 1 unspecified atom stereocenters. The average Bonchev–Trinajstić information content (AvgIpc) is 3.29. The molecule has 2 aromatic heterocycles. The molecule has 4 heterocycles. The summed E-state index contributed by atoms with van der Waals surface area (Å²) in [5.74, 6) is 1.28. The van der Waals surface area contributed by atoms with Crippen LogP contribution in [0.25, 0.3) is 11.4 Å². The van der Waals surface area contributed by atoms with Crippen LogP contribution in [0.15, 0.2) is 48.8 Å². The Morgan fingerprint density at radius 2 is 1.78 bits per heavy atom. The number of hydrogen-bond donors (Lipinski definition) is 3. The SMILES string of the molecule is CC[C@H]1c2c(nc(-c3ccc(NC(=O)Nc4ccncc4)cc3)nc2N2CCOCC2C)CN1C(=O)O. The van der Waals surface area contributed by atoms with E-state index in [1.807, 2.05) is 19.1 Å². The Balaban J connectivity index is 1.44. The van der Waals surface area contributed by atoms with E-state index in [-0.39, 0.29) is 24.7 Å². The molecule has 11 heteroatoms. The molecule has 0 aliphatic carbocycles. The molecule has 0 spiro atoms. The summed E-state index contributed by atoms with van der Waals surface area (Å²) in [7, 11) is 0. The molecule has 1 saturated heterocycles. The number of carbonyl (C=O) groups excluding carboxylic acids is 1. The van der Waals surface area contributed by atoms with E-state index in [0.29, 0.717) is 43.4 Å². The molecule has 192 valence electrons. The zero-order valence-corrected chi connectivity index (χ0v) is 20.7. The Labute approximate surface area is 214 Å². The monoisotopic (exact) mass is 503 g/mol. The van der Waals surface area contributed by atoms with E-state index in [0.717, 1.165) is 22.6 Å². The van der Waals surface area contributed by atoms with Gasteiger partial charge in [0.05, 0.1) is 37.5 Å². The standard InChI is InChI=1S/C26H29N7O4/c1-3-21-22-20(14-33(21)26(35)36)30-23(31-24(22)32-12-13-37-15-16(32)2)17-4-6-18(7-5-17)28-25(34)29-19-8-10-27-11-9-19/h4-11,16,21H,3,12-15H2,1-2H3,(H,35,36)(H2,27,28,29,34)/t16?,21-/m0/s1. The van der Waals surface area contributed by atoms with Crippen LogP contribution in [-0.4, -0.2) is 62.9 Å². The molecule has 0 radical (unpaired) electrons. The number of urea groups is 1. The van der Waals surface area contributed by atoms with Crippen LogP contribution in [-0.2, 0) is 11.3 Å². The quantitative estimate of drug-likeness (QED) is 0.468. The fourth-order valence-electron chi connectivity index (χ4n) is 4.84. The minimum atomic E-state index is -0.965. The molecule has 3 aromatic rings. The van der Waals surface area contributed by atoms with Crippen molar-refractivity contribution < 1.29 is 19.4 Å². The molecule has 11 nitrogen and oxygen atoms in total. The summed E-state index contributed by atoms with van der Waals surface area (Å²) in [6, 6.07) is 10.1. The van der Waals surface area contributed by atoms with Crippen molar-refractivity contribution in [2.24, 2.45) is 0 Å². The zero-order chi connectivity index (χ0) is 25.9. The van der Waals surface area contributed by atoms with Crippen LogP contribution in [0.5, 0.6) is 0 Å². The number of carboxylic acid groups (broad SMARTS) is 1. The van der Waals surface area contributed by atoms with Gasteiger partial charge in [-0.15, -0.1) is 0 Å². The summed E-state index contributed by atoms with van der Waals surface area (Å²) in [5, 5.41) is 15.4. The minimum absolute atomic E-state index is 0.0995. The Bertz CT molecular complexity index is 1290. The van der Waals surface area contributed by atoms with E-state index in [1.165, 1.54) is 4.90 Å². The van der Waals surface area contributed by atoms with Crippen LogP contribution < -0.4 is 15.5 Å². The van der Waals surface area contributed by atoms with Crippen molar-refractivity contribution in [2.75, 3.05) is 35.3 Å². The summed E-state index contributed by atoms with van der Waals surface area (Å²) in [6.45, 7) is 6.11. The molecule has 0 saturated carbocycles. The lowest BCUT2D eigenvalue weighted by molar-refractivity contribution is 0.0981. The maximum Gasteiger partial charge on any atom is 0.408 e. The molecule has 1 aromatic carbocycles. The van der Waals surface area contributed by atoms with Crippen molar-refractivity contribution in [3.8, 4) is 11.4 Å². The second-order valence-corrected chi connectivity index (χ2v) is 9.08. The van der Waals surface area contributed by atoms with Crippen LogP contribution in [0.3, 0.4) is 0 Å². The van der Waals surface area contributed by atoms with Crippen LogP contribution in [0.1, 0.15) is 37.6 Å². The first kappa shape index (κ1) is 24.4. The molecule has 5 rings (SSSR count). The Morgan fingerprint density at radius 3 is 2.43 bits per heavy atom. The number of nitrogens with zero attached hydrogens (tertiary/aromatic N) is 5. The lowest BCUT2D eigenvalue weighted by Gasteiger charge is -2.36. The van der Waals surface area contributed by atoms with Crippen molar-refractivity contribution in [1.29, 1.82) is 0 Å². The molecule has 37 heavy (non-hydrogen) atoms. The summed E-state index contributed by atoms with van der Waals surface area (Å²) in [5.41, 5.74) is 3.63. The van der Waals surface area contributed by atoms with E-state index < -0.39 is 6.09 Å². The lowest BCUT2D eigenvalue weighted by Crippen LogP contribution is -2.45. The third-order valence-electron chi connectivity index (χ3n) is 6.65. The van der Waals surface area contributed by atoms with Crippen LogP contribution in [0, 0.1) is 0 Å².